The zero-order chi connectivity index (χ0) is 14.8. The van der Waals surface area contributed by atoms with E-state index < -0.39 is 0 Å². The van der Waals surface area contributed by atoms with Gasteiger partial charge in [-0.3, -0.25) is 9.59 Å². The van der Waals surface area contributed by atoms with E-state index in [1.54, 1.807) is 6.08 Å². The summed E-state index contributed by atoms with van der Waals surface area (Å²) in [6.07, 6.45) is 16.4. The predicted octanol–water partition coefficient (Wildman–Crippen LogP) is 3.53. The Bertz CT molecular complexity index is 453. The van der Waals surface area contributed by atoms with Gasteiger partial charge in [0.2, 0.25) is 0 Å². The van der Waals surface area contributed by atoms with Crippen LogP contribution < -0.4 is 0 Å². The summed E-state index contributed by atoms with van der Waals surface area (Å²) in [6, 6.07) is 0. The van der Waals surface area contributed by atoms with Crippen molar-refractivity contribution in [2.45, 2.75) is 32.6 Å². The van der Waals surface area contributed by atoms with E-state index >= 15 is 0 Å². The number of carbonyl (C=O) groups is 2. The molecule has 0 spiro atoms. The number of ketones is 1. The molecule has 0 saturated heterocycles. The summed E-state index contributed by atoms with van der Waals surface area (Å²) in [5.74, 6) is 0.113. The summed E-state index contributed by atoms with van der Waals surface area (Å²) in [4.78, 5) is 22.6. The lowest BCUT2D eigenvalue weighted by atomic mass is 9.97. The first-order valence-electron chi connectivity index (χ1n) is 6.96. The Morgan fingerprint density at radius 2 is 2.20 bits per heavy atom. The van der Waals surface area contributed by atoms with Crippen molar-refractivity contribution in [3.05, 3.63) is 48.1 Å². The maximum atomic E-state index is 11.7. The highest BCUT2D eigenvalue weighted by atomic mass is 16.5. The molecule has 108 valence electrons. The standard InChI is InChI=1S/C17H22O3/c1-3-4-10-15-14(12-13-16(15)18)9-7-5-6-8-11-17(19)20-2/h3-5,7,10,12-14H,6,8-9,11H2,1-2H3/b4-3+,7-5-,15-10+/t14-/m0/s1. The lowest BCUT2D eigenvalue weighted by Crippen LogP contribution is -2.01. The van der Waals surface area contributed by atoms with Crippen LogP contribution in [0.5, 0.6) is 0 Å². The highest BCUT2D eigenvalue weighted by Gasteiger charge is 2.20. The van der Waals surface area contributed by atoms with Crippen molar-refractivity contribution < 1.29 is 14.3 Å². The Morgan fingerprint density at radius 1 is 1.40 bits per heavy atom. The van der Waals surface area contributed by atoms with Crippen molar-refractivity contribution in [1.82, 2.24) is 0 Å². The minimum atomic E-state index is -0.167. The molecule has 0 aromatic rings. The molecule has 1 rings (SSSR count). The van der Waals surface area contributed by atoms with Crippen LogP contribution in [0.25, 0.3) is 0 Å². The zero-order valence-electron chi connectivity index (χ0n) is 12.2. The molecule has 1 aliphatic carbocycles. The number of hydrogen-bond donors (Lipinski definition) is 0. The second kappa shape index (κ2) is 9.08. The van der Waals surface area contributed by atoms with Gasteiger partial charge in [-0.2, -0.15) is 0 Å². The smallest absolute Gasteiger partial charge is 0.305 e. The van der Waals surface area contributed by atoms with Crippen molar-refractivity contribution in [3.8, 4) is 0 Å². The average molecular weight is 274 g/mol. The molecule has 0 amide bonds. The third kappa shape index (κ3) is 5.39. The minimum Gasteiger partial charge on any atom is -0.469 e. The fourth-order valence-corrected chi connectivity index (χ4v) is 2.02. The molecule has 0 fully saturated rings. The first kappa shape index (κ1) is 16.2. The lowest BCUT2D eigenvalue weighted by molar-refractivity contribution is -0.140. The van der Waals surface area contributed by atoms with Crippen LogP contribution >= 0.6 is 0 Å². The van der Waals surface area contributed by atoms with Gasteiger partial charge in [-0.15, -0.1) is 0 Å². The van der Waals surface area contributed by atoms with E-state index in [0.29, 0.717) is 6.42 Å². The second-order valence-electron chi connectivity index (χ2n) is 4.65. The van der Waals surface area contributed by atoms with Gasteiger partial charge in [0, 0.05) is 17.9 Å². The Morgan fingerprint density at radius 3 is 2.90 bits per heavy atom. The highest BCUT2D eigenvalue weighted by molar-refractivity contribution is 6.07. The number of rotatable bonds is 7. The predicted molar refractivity (Wildman–Crippen MR) is 80.2 cm³/mol. The summed E-state index contributed by atoms with van der Waals surface area (Å²) in [6.45, 7) is 1.93. The zero-order valence-corrected chi connectivity index (χ0v) is 12.2. The molecule has 0 unspecified atom stereocenters. The van der Waals surface area contributed by atoms with Crippen LogP contribution in [0.1, 0.15) is 32.6 Å². The topological polar surface area (TPSA) is 43.4 Å². The lowest BCUT2D eigenvalue weighted by Gasteiger charge is -2.06. The van der Waals surface area contributed by atoms with Crippen molar-refractivity contribution in [2.75, 3.05) is 7.11 Å². The van der Waals surface area contributed by atoms with Gasteiger partial charge in [-0.05, 0) is 32.3 Å². The molecule has 20 heavy (non-hydrogen) atoms. The third-order valence-electron chi connectivity index (χ3n) is 3.17. The van der Waals surface area contributed by atoms with Crippen LogP contribution in [0.3, 0.4) is 0 Å². The molecule has 3 heteroatoms. The van der Waals surface area contributed by atoms with Gasteiger partial charge in [0.05, 0.1) is 7.11 Å². The average Bonchev–Trinajstić information content (AvgIpc) is 2.80. The quantitative estimate of drug-likeness (QED) is 0.309. The van der Waals surface area contributed by atoms with Crippen LogP contribution in [-0.4, -0.2) is 18.9 Å². The number of ether oxygens (including phenoxy) is 1. The molecule has 0 aromatic heterocycles. The van der Waals surface area contributed by atoms with Gasteiger partial charge in [-0.1, -0.05) is 36.5 Å². The van der Waals surface area contributed by atoms with Crippen LogP contribution in [0, 0.1) is 5.92 Å². The van der Waals surface area contributed by atoms with E-state index in [1.165, 1.54) is 7.11 Å². The van der Waals surface area contributed by atoms with E-state index in [4.69, 9.17) is 0 Å². The van der Waals surface area contributed by atoms with Crippen LogP contribution in [-0.2, 0) is 14.3 Å². The maximum Gasteiger partial charge on any atom is 0.305 e. The number of unbranched alkanes of at least 4 members (excludes halogenated alkanes) is 1. The summed E-state index contributed by atoms with van der Waals surface area (Å²) < 4.78 is 4.58. The van der Waals surface area contributed by atoms with E-state index in [2.05, 4.69) is 16.9 Å². The van der Waals surface area contributed by atoms with Gasteiger partial charge in [-0.25, -0.2) is 0 Å². The first-order valence-corrected chi connectivity index (χ1v) is 6.96. The second-order valence-corrected chi connectivity index (χ2v) is 4.65. The van der Waals surface area contributed by atoms with Gasteiger partial charge < -0.3 is 4.74 Å². The molecule has 0 aromatic carbocycles. The molecule has 1 atom stereocenters. The van der Waals surface area contributed by atoms with Crippen LogP contribution in [0.15, 0.2) is 48.1 Å². The minimum absolute atomic E-state index is 0.104. The molecule has 3 nitrogen and oxygen atoms in total. The molecule has 0 radical (unpaired) electrons. The Hall–Kier alpha value is -1.90. The Balaban J connectivity index is 2.35. The van der Waals surface area contributed by atoms with Crippen LogP contribution in [0.2, 0.25) is 0 Å². The maximum absolute atomic E-state index is 11.7. The summed E-state index contributed by atoms with van der Waals surface area (Å²) >= 11 is 0. The first-order chi connectivity index (χ1) is 9.69. The van der Waals surface area contributed by atoms with E-state index in [0.717, 1.165) is 24.8 Å². The molecule has 0 bridgehead atoms. The molecule has 1 aliphatic rings. The molecule has 0 aliphatic heterocycles. The molecular weight excluding hydrogens is 252 g/mol. The van der Waals surface area contributed by atoms with E-state index in [1.807, 2.05) is 31.2 Å². The number of esters is 1. The molecule has 0 heterocycles. The van der Waals surface area contributed by atoms with Gasteiger partial charge in [0.15, 0.2) is 5.78 Å². The SMILES string of the molecule is C/C=C/C=C1/C(=O)C=C[C@@H]1C/C=C\CCCC(=O)OC. The van der Waals surface area contributed by atoms with Crippen LogP contribution in [0.4, 0.5) is 0 Å². The fraction of sp³-hybridized carbons (Fsp3) is 0.412. The van der Waals surface area contributed by atoms with Crippen molar-refractivity contribution >= 4 is 11.8 Å². The number of allylic oxidation sites excluding steroid dienone is 8. The molecule has 0 saturated carbocycles. The number of carbonyl (C=O) groups excluding carboxylic acids is 2. The van der Waals surface area contributed by atoms with E-state index in [-0.39, 0.29) is 17.7 Å². The van der Waals surface area contributed by atoms with Crippen molar-refractivity contribution in [2.24, 2.45) is 5.92 Å². The highest BCUT2D eigenvalue weighted by Crippen LogP contribution is 2.25. The largest absolute Gasteiger partial charge is 0.469 e. The third-order valence-corrected chi connectivity index (χ3v) is 3.17. The van der Waals surface area contributed by atoms with Gasteiger partial charge in [0.25, 0.3) is 0 Å². The molecular formula is C17H22O3. The fourth-order valence-electron chi connectivity index (χ4n) is 2.02. The summed E-state index contributed by atoms with van der Waals surface area (Å²) in [7, 11) is 1.40. The van der Waals surface area contributed by atoms with Gasteiger partial charge in [0.1, 0.15) is 0 Å². The Labute approximate surface area is 120 Å². The van der Waals surface area contributed by atoms with Crippen molar-refractivity contribution in [3.63, 3.8) is 0 Å². The summed E-state index contributed by atoms with van der Waals surface area (Å²) in [5, 5.41) is 0. The number of methoxy groups -OCH3 is 1. The molecule has 0 N–H and O–H groups in total. The monoisotopic (exact) mass is 274 g/mol. The van der Waals surface area contributed by atoms with E-state index in [9.17, 15) is 9.59 Å². The van der Waals surface area contributed by atoms with Gasteiger partial charge >= 0.3 is 5.97 Å². The normalized spacial score (nSPS) is 20.6. The number of hydrogen-bond acceptors (Lipinski definition) is 3. The van der Waals surface area contributed by atoms with Crippen molar-refractivity contribution in [1.29, 1.82) is 0 Å². The summed E-state index contributed by atoms with van der Waals surface area (Å²) in [5.41, 5.74) is 0.849. The Kier molecular flexibility index (Phi) is 7.33.